The minimum absolute atomic E-state index is 0.100. The number of ether oxygens (including phenoxy) is 1. The highest BCUT2D eigenvalue weighted by Gasteiger charge is 2.64. The molecule has 1 aliphatic carbocycles. The smallest absolute Gasteiger partial charge is 0.243 e. The SMILES string of the molecule is CCOC1CC(N)(C(=O)N2CCC(CN3CCCCC3)C2)C1(C)C. The first kappa shape index (κ1) is 18.2. The Morgan fingerprint density at radius 3 is 2.54 bits per heavy atom. The van der Waals surface area contributed by atoms with E-state index in [2.05, 4.69) is 18.7 Å². The number of nitrogens with zero attached hydrogens (tertiary/aromatic N) is 2. The largest absolute Gasteiger partial charge is 0.378 e. The lowest BCUT2D eigenvalue weighted by molar-refractivity contribution is -0.178. The molecule has 3 aliphatic rings. The van der Waals surface area contributed by atoms with Crippen LogP contribution in [0.3, 0.4) is 0 Å². The van der Waals surface area contributed by atoms with Gasteiger partial charge >= 0.3 is 0 Å². The van der Waals surface area contributed by atoms with E-state index >= 15 is 0 Å². The number of likely N-dealkylation sites (tertiary alicyclic amines) is 2. The number of rotatable bonds is 5. The van der Waals surface area contributed by atoms with Gasteiger partial charge in [0.25, 0.3) is 0 Å². The standard InChI is InChI=1S/C19H35N3O2/c1-4-24-16-12-19(20,18(16,2)3)17(23)22-11-8-15(14-22)13-21-9-6-5-7-10-21/h15-16H,4-14,20H2,1-3H3. The topological polar surface area (TPSA) is 58.8 Å². The summed E-state index contributed by atoms with van der Waals surface area (Å²) in [5.74, 6) is 0.756. The van der Waals surface area contributed by atoms with Crippen molar-refractivity contribution in [3.63, 3.8) is 0 Å². The predicted octanol–water partition coefficient (Wildman–Crippen LogP) is 1.85. The summed E-state index contributed by atoms with van der Waals surface area (Å²) in [4.78, 5) is 17.7. The van der Waals surface area contributed by atoms with Crippen molar-refractivity contribution in [1.29, 1.82) is 0 Å². The molecule has 5 nitrogen and oxygen atoms in total. The maximum atomic E-state index is 13.1. The third-order valence-electron chi connectivity index (χ3n) is 6.75. The van der Waals surface area contributed by atoms with Gasteiger partial charge in [0.1, 0.15) is 5.54 Å². The molecule has 0 aromatic carbocycles. The van der Waals surface area contributed by atoms with E-state index < -0.39 is 5.54 Å². The van der Waals surface area contributed by atoms with Crippen LogP contribution in [0.4, 0.5) is 0 Å². The number of carbonyl (C=O) groups is 1. The lowest BCUT2D eigenvalue weighted by Gasteiger charge is -2.58. The fourth-order valence-corrected chi connectivity index (χ4v) is 4.75. The molecule has 0 aromatic rings. The first-order valence-electron chi connectivity index (χ1n) is 9.80. The number of hydrogen-bond acceptors (Lipinski definition) is 4. The van der Waals surface area contributed by atoms with Gasteiger partial charge in [0, 0.05) is 38.1 Å². The van der Waals surface area contributed by atoms with E-state index in [0.29, 0.717) is 18.9 Å². The van der Waals surface area contributed by atoms with Gasteiger partial charge in [-0.1, -0.05) is 20.3 Å². The molecule has 0 aromatic heterocycles. The predicted molar refractivity (Wildman–Crippen MR) is 95.7 cm³/mol. The molecule has 3 atom stereocenters. The molecule has 3 unspecified atom stereocenters. The van der Waals surface area contributed by atoms with E-state index in [1.54, 1.807) is 0 Å². The van der Waals surface area contributed by atoms with Crippen LogP contribution >= 0.6 is 0 Å². The molecular formula is C19H35N3O2. The molecule has 3 fully saturated rings. The van der Waals surface area contributed by atoms with Crippen LogP contribution in [0, 0.1) is 11.3 Å². The van der Waals surface area contributed by atoms with Crippen molar-refractivity contribution in [2.45, 2.75) is 64.5 Å². The van der Waals surface area contributed by atoms with Crippen molar-refractivity contribution < 1.29 is 9.53 Å². The molecule has 2 saturated heterocycles. The molecule has 1 saturated carbocycles. The summed E-state index contributed by atoms with van der Waals surface area (Å²) in [6.07, 6.45) is 5.90. The van der Waals surface area contributed by atoms with Crippen LogP contribution in [0.1, 0.15) is 52.9 Å². The number of piperidine rings is 1. The summed E-state index contributed by atoms with van der Waals surface area (Å²) in [5, 5.41) is 0. The second-order valence-electron chi connectivity index (χ2n) is 8.61. The average molecular weight is 338 g/mol. The van der Waals surface area contributed by atoms with Crippen molar-refractivity contribution in [1.82, 2.24) is 9.80 Å². The number of amides is 1. The van der Waals surface area contributed by atoms with E-state index in [9.17, 15) is 4.79 Å². The van der Waals surface area contributed by atoms with Gasteiger partial charge in [-0.3, -0.25) is 4.79 Å². The van der Waals surface area contributed by atoms with Crippen LogP contribution in [-0.4, -0.2) is 66.7 Å². The zero-order valence-electron chi connectivity index (χ0n) is 15.7. The van der Waals surface area contributed by atoms with Gasteiger partial charge in [-0.05, 0) is 45.2 Å². The fourth-order valence-electron chi connectivity index (χ4n) is 4.75. The molecule has 24 heavy (non-hydrogen) atoms. The summed E-state index contributed by atoms with van der Waals surface area (Å²) in [5.41, 5.74) is 5.53. The van der Waals surface area contributed by atoms with E-state index in [1.807, 2.05) is 11.8 Å². The molecule has 2 heterocycles. The first-order chi connectivity index (χ1) is 11.4. The van der Waals surface area contributed by atoms with Crippen LogP contribution in [0.25, 0.3) is 0 Å². The van der Waals surface area contributed by atoms with E-state index in [-0.39, 0.29) is 17.4 Å². The number of carbonyl (C=O) groups excluding carboxylic acids is 1. The lowest BCUT2D eigenvalue weighted by atomic mass is 9.54. The van der Waals surface area contributed by atoms with Gasteiger partial charge < -0.3 is 20.3 Å². The third-order valence-corrected chi connectivity index (χ3v) is 6.75. The molecule has 0 radical (unpaired) electrons. The Bertz CT molecular complexity index is 462. The Labute approximate surface area is 146 Å². The second-order valence-corrected chi connectivity index (χ2v) is 8.61. The first-order valence-corrected chi connectivity index (χ1v) is 9.80. The number of nitrogens with two attached hydrogens (primary N) is 1. The molecule has 1 amide bonds. The summed E-state index contributed by atoms with van der Waals surface area (Å²) < 4.78 is 5.77. The molecule has 138 valence electrons. The fraction of sp³-hybridized carbons (Fsp3) is 0.947. The van der Waals surface area contributed by atoms with Crippen LogP contribution in [-0.2, 0) is 9.53 Å². The average Bonchev–Trinajstić information content (AvgIpc) is 3.03. The van der Waals surface area contributed by atoms with Gasteiger partial charge in [0.2, 0.25) is 5.91 Å². The molecule has 0 spiro atoms. The summed E-state index contributed by atoms with van der Waals surface area (Å²) >= 11 is 0. The maximum absolute atomic E-state index is 13.1. The minimum Gasteiger partial charge on any atom is -0.378 e. The maximum Gasteiger partial charge on any atom is 0.243 e. The Balaban J connectivity index is 1.54. The van der Waals surface area contributed by atoms with E-state index in [4.69, 9.17) is 10.5 Å². The van der Waals surface area contributed by atoms with Gasteiger partial charge in [-0.15, -0.1) is 0 Å². The summed E-state index contributed by atoms with van der Waals surface area (Å²) in [7, 11) is 0. The van der Waals surface area contributed by atoms with Gasteiger partial charge in [0.15, 0.2) is 0 Å². The van der Waals surface area contributed by atoms with Crippen molar-refractivity contribution in [2.75, 3.05) is 39.3 Å². The van der Waals surface area contributed by atoms with Gasteiger partial charge in [0.05, 0.1) is 6.10 Å². The molecule has 5 heteroatoms. The van der Waals surface area contributed by atoms with Crippen LogP contribution in [0.15, 0.2) is 0 Å². The summed E-state index contributed by atoms with van der Waals surface area (Å²) in [6.45, 7) is 12.2. The van der Waals surface area contributed by atoms with Crippen molar-refractivity contribution in [2.24, 2.45) is 17.1 Å². The molecule has 0 bridgehead atoms. The molecular weight excluding hydrogens is 302 g/mol. The Morgan fingerprint density at radius 1 is 1.21 bits per heavy atom. The quantitative estimate of drug-likeness (QED) is 0.832. The van der Waals surface area contributed by atoms with Crippen molar-refractivity contribution >= 4 is 5.91 Å². The highest BCUT2D eigenvalue weighted by molar-refractivity contribution is 5.89. The number of hydrogen-bond donors (Lipinski definition) is 1. The lowest BCUT2D eigenvalue weighted by Crippen LogP contribution is -2.75. The minimum atomic E-state index is -0.757. The van der Waals surface area contributed by atoms with Crippen molar-refractivity contribution in [3.05, 3.63) is 0 Å². The van der Waals surface area contributed by atoms with Gasteiger partial charge in [-0.25, -0.2) is 0 Å². The molecule has 2 aliphatic heterocycles. The Morgan fingerprint density at radius 2 is 1.92 bits per heavy atom. The normalized spacial score (nSPS) is 36.6. The zero-order chi connectivity index (χ0) is 17.4. The summed E-state index contributed by atoms with van der Waals surface area (Å²) in [6, 6.07) is 0. The molecule has 2 N–H and O–H groups in total. The van der Waals surface area contributed by atoms with Gasteiger partial charge in [-0.2, -0.15) is 0 Å². The second kappa shape index (κ2) is 6.93. The van der Waals surface area contributed by atoms with Crippen LogP contribution in [0.2, 0.25) is 0 Å². The Kier molecular flexibility index (Phi) is 5.24. The third kappa shape index (κ3) is 3.11. The Hall–Kier alpha value is -0.650. The zero-order valence-corrected chi connectivity index (χ0v) is 15.7. The highest BCUT2D eigenvalue weighted by Crippen LogP contribution is 2.50. The highest BCUT2D eigenvalue weighted by atomic mass is 16.5. The molecule has 3 rings (SSSR count). The van der Waals surface area contributed by atoms with Crippen LogP contribution in [0.5, 0.6) is 0 Å². The van der Waals surface area contributed by atoms with E-state index in [0.717, 1.165) is 26.1 Å². The van der Waals surface area contributed by atoms with Crippen LogP contribution < -0.4 is 5.73 Å². The monoisotopic (exact) mass is 337 g/mol. The van der Waals surface area contributed by atoms with E-state index in [1.165, 1.54) is 32.4 Å². The van der Waals surface area contributed by atoms with Crippen molar-refractivity contribution in [3.8, 4) is 0 Å².